The number of nitrogens with two attached hydrogens (primary N) is 1. The van der Waals surface area contributed by atoms with Crippen LogP contribution in [0.25, 0.3) is 0 Å². The van der Waals surface area contributed by atoms with Crippen LogP contribution in [0.5, 0.6) is 5.75 Å². The van der Waals surface area contributed by atoms with Gasteiger partial charge in [-0.15, -0.1) is 0 Å². The molecular weight excluding hydrogens is 334 g/mol. The van der Waals surface area contributed by atoms with Crippen molar-refractivity contribution in [2.24, 2.45) is 5.73 Å². The molecule has 134 valence electrons. The lowest BCUT2D eigenvalue weighted by molar-refractivity contribution is -0.307. The molecule has 0 radical (unpaired) electrons. The molecule has 0 saturated heterocycles. The fourth-order valence-corrected chi connectivity index (χ4v) is 2.43. The molecule has 1 amide bonds. The molecule has 7 nitrogen and oxygen atoms in total. The number of nitriles is 1. The molecule has 0 aliphatic heterocycles. The SMILES string of the molecule is CCc1cc(C(Nc2ccc(C#N)cc2)C(=O)[O-])ccc1OCC(N)=O. The molecule has 26 heavy (non-hydrogen) atoms. The number of ether oxygens (including phenoxy) is 1. The second kappa shape index (κ2) is 8.53. The van der Waals surface area contributed by atoms with Crippen LogP contribution in [0.2, 0.25) is 0 Å². The number of carboxylic acid groups (broad SMARTS) is 1. The molecule has 2 rings (SSSR count). The monoisotopic (exact) mass is 352 g/mol. The third kappa shape index (κ3) is 4.74. The molecule has 2 aromatic rings. The number of aliphatic carboxylic acids is 1. The highest BCUT2D eigenvalue weighted by molar-refractivity contribution is 5.78. The van der Waals surface area contributed by atoms with Crippen LogP contribution in [-0.4, -0.2) is 18.5 Å². The van der Waals surface area contributed by atoms with E-state index >= 15 is 0 Å². The Morgan fingerprint density at radius 1 is 1.27 bits per heavy atom. The number of amides is 1. The molecule has 0 aliphatic rings. The first-order chi connectivity index (χ1) is 12.4. The number of primary amides is 1. The van der Waals surface area contributed by atoms with Crippen molar-refractivity contribution in [2.45, 2.75) is 19.4 Å². The van der Waals surface area contributed by atoms with Gasteiger partial charge >= 0.3 is 0 Å². The van der Waals surface area contributed by atoms with Gasteiger partial charge in [-0.3, -0.25) is 4.79 Å². The number of benzene rings is 2. The Bertz CT molecular complexity index is 841. The van der Waals surface area contributed by atoms with Crippen molar-refractivity contribution in [1.29, 1.82) is 5.26 Å². The van der Waals surface area contributed by atoms with E-state index in [9.17, 15) is 14.7 Å². The maximum Gasteiger partial charge on any atom is 0.255 e. The van der Waals surface area contributed by atoms with Crippen molar-refractivity contribution in [3.63, 3.8) is 0 Å². The van der Waals surface area contributed by atoms with Crippen molar-refractivity contribution in [3.05, 3.63) is 59.2 Å². The van der Waals surface area contributed by atoms with Gasteiger partial charge in [-0.25, -0.2) is 0 Å². The topological polar surface area (TPSA) is 128 Å². The van der Waals surface area contributed by atoms with Crippen molar-refractivity contribution in [1.82, 2.24) is 0 Å². The molecule has 0 fully saturated rings. The maximum absolute atomic E-state index is 11.6. The van der Waals surface area contributed by atoms with Crippen LogP contribution in [0.15, 0.2) is 42.5 Å². The van der Waals surface area contributed by atoms with Gasteiger partial charge in [0.15, 0.2) is 6.61 Å². The second-order valence-electron chi connectivity index (χ2n) is 5.56. The summed E-state index contributed by atoms with van der Waals surface area (Å²) >= 11 is 0. The summed E-state index contributed by atoms with van der Waals surface area (Å²) in [5.74, 6) is -1.40. The van der Waals surface area contributed by atoms with Crippen LogP contribution in [-0.2, 0) is 16.0 Å². The summed E-state index contributed by atoms with van der Waals surface area (Å²) in [6, 6.07) is 12.2. The number of aryl methyl sites for hydroxylation is 1. The molecule has 2 aromatic carbocycles. The van der Waals surface area contributed by atoms with E-state index in [0.29, 0.717) is 29.0 Å². The molecule has 0 aromatic heterocycles. The van der Waals surface area contributed by atoms with Crippen LogP contribution in [0, 0.1) is 11.3 Å². The molecule has 0 spiro atoms. The van der Waals surface area contributed by atoms with E-state index < -0.39 is 17.9 Å². The Morgan fingerprint density at radius 3 is 2.50 bits per heavy atom. The van der Waals surface area contributed by atoms with Crippen molar-refractivity contribution < 1.29 is 19.4 Å². The molecule has 3 N–H and O–H groups in total. The number of rotatable bonds is 8. The van der Waals surface area contributed by atoms with Gasteiger partial charge in [0.2, 0.25) is 0 Å². The number of carbonyl (C=O) groups excluding carboxylic acids is 2. The summed E-state index contributed by atoms with van der Waals surface area (Å²) in [4.78, 5) is 22.5. The Morgan fingerprint density at radius 2 is 1.96 bits per heavy atom. The van der Waals surface area contributed by atoms with E-state index in [0.717, 1.165) is 5.56 Å². The highest BCUT2D eigenvalue weighted by Gasteiger charge is 2.15. The summed E-state index contributed by atoms with van der Waals surface area (Å²) in [5.41, 5.74) is 7.33. The lowest BCUT2D eigenvalue weighted by Gasteiger charge is -2.22. The number of anilines is 1. The van der Waals surface area contributed by atoms with Gasteiger partial charge in [0, 0.05) is 5.69 Å². The Hall–Kier alpha value is -3.53. The minimum atomic E-state index is -1.29. The summed E-state index contributed by atoms with van der Waals surface area (Å²) in [7, 11) is 0. The second-order valence-corrected chi connectivity index (χ2v) is 5.56. The maximum atomic E-state index is 11.6. The van der Waals surface area contributed by atoms with Crippen molar-refractivity contribution >= 4 is 17.6 Å². The first-order valence-corrected chi connectivity index (χ1v) is 7.96. The van der Waals surface area contributed by atoms with Crippen molar-refractivity contribution in [2.75, 3.05) is 11.9 Å². The first kappa shape index (κ1) is 18.8. The number of carbonyl (C=O) groups is 2. The molecular formula is C19H18N3O4-. The molecule has 1 atom stereocenters. The number of hydrogen-bond acceptors (Lipinski definition) is 6. The fourth-order valence-electron chi connectivity index (χ4n) is 2.43. The Kier molecular flexibility index (Phi) is 6.17. The number of carboxylic acids is 1. The first-order valence-electron chi connectivity index (χ1n) is 7.96. The van der Waals surface area contributed by atoms with Crippen LogP contribution >= 0.6 is 0 Å². The zero-order valence-electron chi connectivity index (χ0n) is 14.2. The molecule has 7 heteroatoms. The van der Waals surface area contributed by atoms with Gasteiger partial charge in [-0.2, -0.15) is 5.26 Å². The normalized spacial score (nSPS) is 11.2. The predicted molar refractivity (Wildman–Crippen MR) is 93.0 cm³/mol. The molecule has 1 unspecified atom stereocenters. The summed E-state index contributed by atoms with van der Waals surface area (Å²) in [6.07, 6.45) is 0.582. The van der Waals surface area contributed by atoms with Gasteiger partial charge < -0.3 is 25.7 Å². The molecule has 0 aliphatic carbocycles. The average molecular weight is 352 g/mol. The van der Waals surface area contributed by atoms with Gasteiger partial charge in [0.25, 0.3) is 5.91 Å². The van der Waals surface area contributed by atoms with E-state index in [-0.39, 0.29) is 6.61 Å². The largest absolute Gasteiger partial charge is 0.548 e. The van der Waals surface area contributed by atoms with Gasteiger partial charge in [-0.1, -0.05) is 13.0 Å². The standard InChI is InChI=1S/C19H19N3O4/c1-2-13-9-14(5-8-16(13)26-11-17(21)23)18(19(24)25)22-15-6-3-12(10-20)4-7-15/h3-9,18,22H,2,11H2,1H3,(H2,21,23)(H,24,25)/p-1. The third-order valence-corrected chi connectivity index (χ3v) is 3.73. The van der Waals surface area contributed by atoms with E-state index in [1.165, 1.54) is 0 Å². The highest BCUT2D eigenvalue weighted by Crippen LogP contribution is 2.26. The summed E-state index contributed by atoms with van der Waals surface area (Å²) in [6.45, 7) is 1.64. The highest BCUT2D eigenvalue weighted by atomic mass is 16.5. The Balaban J connectivity index is 2.27. The zero-order chi connectivity index (χ0) is 19.1. The van der Waals surface area contributed by atoms with Crippen LogP contribution in [0.1, 0.15) is 29.7 Å². The number of hydrogen-bond donors (Lipinski definition) is 2. The minimum absolute atomic E-state index is 0.250. The quantitative estimate of drug-likeness (QED) is 0.726. The van der Waals surface area contributed by atoms with Crippen LogP contribution in [0.4, 0.5) is 5.69 Å². The smallest absolute Gasteiger partial charge is 0.255 e. The van der Waals surface area contributed by atoms with E-state index in [2.05, 4.69) is 5.32 Å². The van der Waals surface area contributed by atoms with Gasteiger partial charge in [0.1, 0.15) is 5.75 Å². The van der Waals surface area contributed by atoms with Gasteiger partial charge in [0.05, 0.1) is 23.6 Å². The van der Waals surface area contributed by atoms with Gasteiger partial charge in [-0.05, 0) is 53.9 Å². The van der Waals surface area contributed by atoms with E-state index in [4.69, 9.17) is 15.7 Å². The van der Waals surface area contributed by atoms with Crippen molar-refractivity contribution in [3.8, 4) is 11.8 Å². The minimum Gasteiger partial charge on any atom is -0.548 e. The zero-order valence-corrected chi connectivity index (χ0v) is 14.2. The Labute approximate surface area is 151 Å². The van der Waals surface area contributed by atoms with E-state index in [1.54, 1.807) is 42.5 Å². The average Bonchev–Trinajstić information content (AvgIpc) is 2.64. The van der Waals surface area contributed by atoms with Crippen LogP contribution < -0.4 is 20.9 Å². The molecule has 0 heterocycles. The summed E-state index contributed by atoms with van der Waals surface area (Å²) < 4.78 is 5.34. The lowest BCUT2D eigenvalue weighted by atomic mass is 10.0. The van der Waals surface area contributed by atoms with E-state index in [1.807, 2.05) is 13.0 Å². The lowest BCUT2D eigenvalue weighted by Crippen LogP contribution is -2.34. The summed E-state index contributed by atoms with van der Waals surface area (Å²) in [5, 5.41) is 23.3. The van der Waals surface area contributed by atoms with Crippen LogP contribution in [0.3, 0.4) is 0 Å². The molecule has 0 saturated carbocycles. The number of nitrogens with zero attached hydrogens (tertiary/aromatic N) is 1. The molecule has 0 bridgehead atoms. The predicted octanol–water partition coefficient (Wildman–Crippen LogP) is 0.888. The fraction of sp³-hybridized carbons (Fsp3) is 0.211. The number of nitrogens with one attached hydrogen (secondary N) is 1. The third-order valence-electron chi connectivity index (χ3n) is 3.73.